The van der Waals surface area contributed by atoms with Crippen molar-refractivity contribution in [3.05, 3.63) is 69.1 Å². The number of hydrogen-bond donors (Lipinski definition) is 1. The SMILES string of the molecule is Cc1ccc(C(=O)N2CCN(C(=O)NCc3cnn(-c4ccc(Cl)cc4)c3)CC2)s1. The number of nitrogens with one attached hydrogen (secondary N) is 1. The Kier molecular flexibility index (Phi) is 6.06. The molecule has 1 fully saturated rings. The number of rotatable bonds is 4. The predicted molar refractivity (Wildman–Crippen MR) is 117 cm³/mol. The first-order valence-corrected chi connectivity index (χ1v) is 10.9. The van der Waals surface area contributed by atoms with Crippen LogP contribution >= 0.6 is 22.9 Å². The predicted octanol–water partition coefficient (Wildman–Crippen LogP) is 3.56. The molecule has 7 nitrogen and oxygen atoms in total. The largest absolute Gasteiger partial charge is 0.334 e. The summed E-state index contributed by atoms with van der Waals surface area (Å²) in [6, 6.07) is 11.1. The molecule has 0 unspecified atom stereocenters. The van der Waals surface area contributed by atoms with Gasteiger partial charge >= 0.3 is 6.03 Å². The maximum Gasteiger partial charge on any atom is 0.317 e. The molecule has 3 heterocycles. The van der Waals surface area contributed by atoms with E-state index in [-0.39, 0.29) is 11.9 Å². The minimum Gasteiger partial charge on any atom is -0.334 e. The summed E-state index contributed by atoms with van der Waals surface area (Å²) in [6.07, 6.45) is 3.61. The van der Waals surface area contributed by atoms with Gasteiger partial charge in [-0.1, -0.05) is 11.6 Å². The average Bonchev–Trinajstić information content (AvgIpc) is 3.41. The van der Waals surface area contributed by atoms with E-state index in [4.69, 9.17) is 11.6 Å². The number of benzene rings is 1. The fourth-order valence-electron chi connectivity index (χ4n) is 3.29. The van der Waals surface area contributed by atoms with Crippen molar-refractivity contribution in [2.75, 3.05) is 26.2 Å². The molecule has 3 amide bonds. The smallest absolute Gasteiger partial charge is 0.317 e. The summed E-state index contributed by atoms with van der Waals surface area (Å²) in [5, 5.41) is 7.94. The zero-order valence-electron chi connectivity index (χ0n) is 16.5. The number of aromatic nitrogens is 2. The molecular weight excluding hydrogens is 422 g/mol. The van der Waals surface area contributed by atoms with E-state index in [1.54, 1.807) is 15.8 Å². The molecule has 30 heavy (non-hydrogen) atoms. The molecule has 4 rings (SSSR count). The summed E-state index contributed by atoms with van der Waals surface area (Å²) < 4.78 is 1.74. The van der Waals surface area contributed by atoms with Crippen LogP contribution in [-0.2, 0) is 6.54 Å². The van der Waals surface area contributed by atoms with E-state index in [9.17, 15) is 9.59 Å². The van der Waals surface area contributed by atoms with Crippen LogP contribution in [0, 0.1) is 6.92 Å². The molecule has 0 spiro atoms. The van der Waals surface area contributed by atoms with Crippen molar-refractivity contribution < 1.29 is 9.59 Å². The number of aryl methyl sites for hydroxylation is 1. The molecule has 1 N–H and O–H groups in total. The quantitative estimate of drug-likeness (QED) is 0.670. The lowest BCUT2D eigenvalue weighted by atomic mass is 10.3. The first-order valence-electron chi connectivity index (χ1n) is 9.67. The standard InChI is InChI=1S/C21H22ClN5O2S/c1-15-2-7-19(30-15)20(28)25-8-10-26(11-9-25)21(29)23-12-16-13-24-27(14-16)18-5-3-17(22)4-6-18/h2-7,13-14H,8-12H2,1H3,(H,23,29). The Bertz CT molecular complexity index is 1040. The molecule has 1 saturated heterocycles. The zero-order chi connectivity index (χ0) is 21.1. The van der Waals surface area contributed by atoms with Crippen molar-refractivity contribution in [3.8, 4) is 5.69 Å². The highest BCUT2D eigenvalue weighted by Crippen LogP contribution is 2.18. The van der Waals surface area contributed by atoms with Crippen LogP contribution in [0.5, 0.6) is 0 Å². The van der Waals surface area contributed by atoms with E-state index in [0.29, 0.717) is 37.7 Å². The van der Waals surface area contributed by atoms with Crippen molar-refractivity contribution in [1.82, 2.24) is 24.9 Å². The second-order valence-corrected chi connectivity index (χ2v) is 8.84. The van der Waals surface area contributed by atoms with Gasteiger partial charge in [-0.25, -0.2) is 9.48 Å². The third kappa shape index (κ3) is 4.66. The Morgan fingerprint density at radius 3 is 2.43 bits per heavy atom. The van der Waals surface area contributed by atoms with E-state index in [2.05, 4.69) is 10.4 Å². The Balaban J connectivity index is 1.26. The third-order valence-corrected chi connectivity index (χ3v) is 6.22. The Hall–Kier alpha value is -2.84. The van der Waals surface area contributed by atoms with Crippen LogP contribution in [0.25, 0.3) is 5.69 Å². The normalized spacial score (nSPS) is 14.1. The minimum atomic E-state index is -0.131. The van der Waals surface area contributed by atoms with Crippen LogP contribution in [0.3, 0.4) is 0 Å². The molecule has 0 radical (unpaired) electrons. The van der Waals surface area contributed by atoms with Gasteiger partial charge in [0.15, 0.2) is 0 Å². The van der Waals surface area contributed by atoms with E-state index in [1.165, 1.54) is 11.3 Å². The lowest BCUT2D eigenvalue weighted by molar-refractivity contribution is 0.0669. The summed E-state index contributed by atoms with van der Waals surface area (Å²) in [4.78, 5) is 30.5. The monoisotopic (exact) mass is 443 g/mol. The van der Waals surface area contributed by atoms with Crippen molar-refractivity contribution in [3.63, 3.8) is 0 Å². The van der Waals surface area contributed by atoms with E-state index in [0.717, 1.165) is 21.0 Å². The Labute approximate surface area is 183 Å². The van der Waals surface area contributed by atoms with Crippen LogP contribution in [0.1, 0.15) is 20.1 Å². The van der Waals surface area contributed by atoms with Crippen molar-refractivity contribution >= 4 is 34.9 Å². The number of hydrogen-bond acceptors (Lipinski definition) is 4. The van der Waals surface area contributed by atoms with Crippen molar-refractivity contribution in [2.45, 2.75) is 13.5 Å². The van der Waals surface area contributed by atoms with Gasteiger partial charge in [-0.05, 0) is 43.3 Å². The maximum atomic E-state index is 12.5. The number of carbonyl (C=O) groups excluding carboxylic acids is 2. The number of amides is 3. The van der Waals surface area contributed by atoms with Crippen molar-refractivity contribution in [2.24, 2.45) is 0 Å². The van der Waals surface area contributed by atoms with Gasteiger partial charge in [-0.15, -0.1) is 11.3 Å². The number of nitrogens with zero attached hydrogens (tertiary/aromatic N) is 4. The maximum absolute atomic E-state index is 12.5. The molecule has 1 aromatic carbocycles. The molecule has 0 atom stereocenters. The third-order valence-electron chi connectivity index (χ3n) is 4.98. The molecule has 156 valence electrons. The van der Waals surface area contributed by atoms with Gasteiger partial charge in [0.1, 0.15) is 0 Å². The molecule has 2 aromatic heterocycles. The van der Waals surface area contributed by atoms with Crippen LogP contribution < -0.4 is 5.32 Å². The summed E-state index contributed by atoms with van der Waals surface area (Å²) in [5.74, 6) is 0.0442. The number of piperazine rings is 1. The van der Waals surface area contributed by atoms with Gasteiger partial charge < -0.3 is 15.1 Å². The molecule has 0 saturated carbocycles. The molecule has 1 aliphatic rings. The van der Waals surface area contributed by atoms with Crippen molar-refractivity contribution in [1.29, 1.82) is 0 Å². The lowest BCUT2D eigenvalue weighted by Crippen LogP contribution is -2.53. The topological polar surface area (TPSA) is 70.5 Å². The average molecular weight is 444 g/mol. The Morgan fingerprint density at radius 1 is 1.07 bits per heavy atom. The molecule has 0 bridgehead atoms. The first kappa shape index (κ1) is 20.4. The zero-order valence-corrected chi connectivity index (χ0v) is 18.1. The van der Waals surface area contributed by atoms with E-state index < -0.39 is 0 Å². The molecule has 9 heteroatoms. The molecule has 1 aliphatic heterocycles. The second kappa shape index (κ2) is 8.89. The minimum absolute atomic E-state index is 0.0442. The Morgan fingerprint density at radius 2 is 1.77 bits per heavy atom. The summed E-state index contributed by atoms with van der Waals surface area (Å²) in [7, 11) is 0. The summed E-state index contributed by atoms with van der Waals surface area (Å²) in [6.45, 7) is 4.50. The number of thiophene rings is 1. The van der Waals surface area contributed by atoms with Crippen LogP contribution in [-0.4, -0.2) is 57.7 Å². The number of urea groups is 1. The highest BCUT2D eigenvalue weighted by atomic mass is 35.5. The fourth-order valence-corrected chi connectivity index (χ4v) is 4.26. The van der Waals surface area contributed by atoms with Crippen LogP contribution in [0.4, 0.5) is 4.79 Å². The van der Waals surface area contributed by atoms with Gasteiger partial charge in [0.2, 0.25) is 0 Å². The van der Waals surface area contributed by atoms with E-state index in [1.807, 2.05) is 54.4 Å². The molecule has 0 aliphatic carbocycles. The molecule has 3 aromatic rings. The summed E-state index contributed by atoms with van der Waals surface area (Å²) >= 11 is 7.42. The molecular formula is C21H22ClN5O2S. The lowest BCUT2D eigenvalue weighted by Gasteiger charge is -2.34. The fraction of sp³-hybridized carbons (Fsp3) is 0.286. The van der Waals surface area contributed by atoms with Gasteiger partial charge in [0, 0.05) is 54.4 Å². The van der Waals surface area contributed by atoms with Gasteiger partial charge in [0.25, 0.3) is 5.91 Å². The first-order chi connectivity index (χ1) is 14.5. The number of carbonyl (C=O) groups is 2. The van der Waals surface area contributed by atoms with Gasteiger partial charge in [0.05, 0.1) is 16.8 Å². The van der Waals surface area contributed by atoms with E-state index >= 15 is 0 Å². The van der Waals surface area contributed by atoms with Gasteiger partial charge in [-0.3, -0.25) is 4.79 Å². The highest BCUT2D eigenvalue weighted by molar-refractivity contribution is 7.13. The summed E-state index contributed by atoms with van der Waals surface area (Å²) in [5.41, 5.74) is 1.80. The van der Waals surface area contributed by atoms with Crippen LogP contribution in [0.2, 0.25) is 5.02 Å². The second-order valence-electron chi connectivity index (χ2n) is 7.12. The number of halogens is 1. The van der Waals surface area contributed by atoms with Crippen LogP contribution in [0.15, 0.2) is 48.8 Å². The highest BCUT2D eigenvalue weighted by Gasteiger charge is 2.25. The van der Waals surface area contributed by atoms with Gasteiger partial charge in [-0.2, -0.15) is 5.10 Å².